The van der Waals surface area contributed by atoms with E-state index in [4.69, 9.17) is 23.2 Å². The predicted octanol–water partition coefficient (Wildman–Crippen LogP) is 2.76. The van der Waals surface area contributed by atoms with E-state index in [0.717, 1.165) is 12.1 Å². The van der Waals surface area contributed by atoms with Crippen molar-refractivity contribution < 1.29 is 13.2 Å². The second-order valence-corrected chi connectivity index (χ2v) is 10.3. The Hall–Kier alpha value is -1.71. The van der Waals surface area contributed by atoms with E-state index in [1.807, 2.05) is 18.2 Å². The van der Waals surface area contributed by atoms with Crippen molar-refractivity contribution in [1.29, 1.82) is 0 Å². The lowest BCUT2D eigenvalue weighted by atomic mass is 9.63. The van der Waals surface area contributed by atoms with E-state index in [9.17, 15) is 13.2 Å². The highest BCUT2D eigenvalue weighted by Gasteiger charge is 2.48. The summed E-state index contributed by atoms with van der Waals surface area (Å²) in [5.41, 5.74) is 0.719. The van der Waals surface area contributed by atoms with E-state index in [2.05, 4.69) is 15.0 Å². The maximum atomic E-state index is 12.7. The number of benzene rings is 1. The van der Waals surface area contributed by atoms with Gasteiger partial charge in [-0.3, -0.25) is 9.78 Å². The Morgan fingerprint density at radius 2 is 1.97 bits per heavy atom. The number of carbonyl (C=O) groups excluding carboxylic acids is 1. The zero-order valence-corrected chi connectivity index (χ0v) is 18.5. The summed E-state index contributed by atoms with van der Waals surface area (Å²) in [6.45, 7) is 1.44. The molecule has 1 aromatic heterocycles. The number of carbonyl (C=O) groups is 1. The van der Waals surface area contributed by atoms with Gasteiger partial charge >= 0.3 is 0 Å². The van der Waals surface area contributed by atoms with Crippen LogP contribution in [-0.4, -0.2) is 49.3 Å². The highest BCUT2D eigenvalue weighted by Crippen LogP contribution is 2.43. The Kier molecular flexibility index (Phi) is 6.05. The monoisotopic (exact) mass is 468 g/mol. The maximum Gasteiger partial charge on any atom is 0.279 e. The number of hydrogen-bond acceptors (Lipinski definition) is 4. The highest BCUT2D eigenvalue weighted by molar-refractivity contribution is 7.87. The van der Waals surface area contributed by atoms with Crippen LogP contribution in [0, 0.1) is 0 Å². The Morgan fingerprint density at radius 1 is 1.20 bits per heavy atom. The fourth-order valence-corrected chi connectivity index (χ4v) is 5.89. The van der Waals surface area contributed by atoms with Gasteiger partial charge in [-0.05, 0) is 49.6 Å². The minimum absolute atomic E-state index is 0.200. The van der Waals surface area contributed by atoms with Crippen LogP contribution in [0.5, 0.6) is 0 Å². The van der Waals surface area contributed by atoms with Crippen LogP contribution in [-0.2, 0) is 15.6 Å². The SMILES string of the molecule is O=C(NCC1(c2ccccn2)CC(NS(=O)(=O)N2CCC2)C1)c1ccc(Cl)cc1Cl. The summed E-state index contributed by atoms with van der Waals surface area (Å²) in [4.78, 5) is 17.1. The largest absolute Gasteiger partial charge is 0.351 e. The first-order valence-electron chi connectivity index (χ1n) is 9.71. The third-order valence-electron chi connectivity index (χ3n) is 5.72. The molecule has 160 valence electrons. The summed E-state index contributed by atoms with van der Waals surface area (Å²) in [7, 11) is -3.45. The lowest BCUT2D eigenvalue weighted by Gasteiger charge is -2.48. The fraction of sp³-hybridized carbons (Fsp3) is 0.400. The van der Waals surface area contributed by atoms with Gasteiger partial charge in [0.25, 0.3) is 16.1 Å². The Bertz CT molecular complexity index is 1040. The summed E-state index contributed by atoms with van der Waals surface area (Å²) in [6.07, 6.45) is 3.69. The van der Waals surface area contributed by atoms with Gasteiger partial charge in [-0.1, -0.05) is 29.3 Å². The molecule has 1 aliphatic carbocycles. The molecule has 2 fully saturated rings. The van der Waals surface area contributed by atoms with Gasteiger partial charge in [0.15, 0.2) is 0 Å². The number of amides is 1. The van der Waals surface area contributed by atoms with Crippen LogP contribution < -0.4 is 10.0 Å². The van der Waals surface area contributed by atoms with Crippen LogP contribution in [0.4, 0.5) is 0 Å². The van der Waals surface area contributed by atoms with Crippen LogP contribution in [0.2, 0.25) is 10.0 Å². The standard InChI is InChI=1S/C20H22Cl2N4O3S/c21-14-5-6-16(17(22)10-14)19(27)24-13-20(18-4-1-2-7-23-18)11-15(12-20)25-30(28,29)26-8-3-9-26/h1-2,4-7,10,15,25H,3,8-9,11-13H2,(H,24,27). The molecule has 0 unspecified atom stereocenters. The number of pyridine rings is 1. The number of nitrogens with one attached hydrogen (secondary N) is 2. The van der Waals surface area contributed by atoms with Gasteiger partial charge < -0.3 is 5.32 Å². The molecule has 7 nitrogen and oxygen atoms in total. The van der Waals surface area contributed by atoms with Gasteiger partial charge in [-0.15, -0.1) is 0 Å². The molecule has 1 amide bonds. The molecular weight excluding hydrogens is 447 g/mol. The van der Waals surface area contributed by atoms with Crippen molar-refractivity contribution in [2.45, 2.75) is 30.7 Å². The van der Waals surface area contributed by atoms with Gasteiger partial charge in [0.05, 0.1) is 10.6 Å². The molecule has 1 aromatic carbocycles. The molecule has 0 spiro atoms. The Morgan fingerprint density at radius 3 is 2.57 bits per heavy atom. The Balaban J connectivity index is 1.46. The average molecular weight is 469 g/mol. The molecule has 4 rings (SSSR count). The number of aromatic nitrogens is 1. The molecule has 0 atom stereocenters. The molecule has 1 aliphatic heterocycles. The van der Waals surface area contributed by atoms with E-state index in [1.165, 1.54) is 10.4 Å². The van der Waals surface area contributed by atoms with E-state index in [-0.39, 0.29) is 17.0 Å². The molecular formula is C20H22Cl2N4O3S. The van der Waals surface area contributed by atoms with Crippen LogP contribution in [0.3, 0.4) is 0 Å². The van der Waals surface area contributed by atoms with E-state index in [1.54, 1.807) is 18.3 Å². The first-order chi connectivity index (χ1) is 14.3. The van der Waals surface area contributed by atoms with Crippen molar-refractivity contribution in [1.82, 2.24) is 19.3 Å². The molecule has 1 saturated heterocycles. The van der Waals surface area contributed by atoms with Gasteiger partial charge in [-0.2, -0.15) is 17.4 Å². The van der Waals surface area contributed by atoms with Crippen molar-refractivity contribution >= 4 is 39.3 Å². The number of nitrogens with zero attached hydrogens (tertiary/aromatic N) is 2. The van der Waals surface area contributed by atoms with Gasteiger partial charge in [0.1, 0.15) is 0 Å². The summed E-state index contributed by atoms with van der Waals surface area (Å²) < 4.78 is 29.0. The molecule has 2 N–H and O–H groups in total. The average Bonchev–Trinajstić information content (AvgIpc) is 2.62. The van der Waals surface area contributed by atoms with Gasteiger partial charge in [0.2, 0.25) is 0 Å². The van der Waals surface area contributed by atoms with E-state index >= 15 is 0 Å². The lowest BCUT2D eigenvalue weighted by Crippen LogP contribution is -2.60. The summed E-state index contributed by atoms with van der Waals surface area (Å²) in [5.74, 6) is -0.309. The molecule has 2 heterocycles. The van der Waals surface area contributed by atoms with E-state index < -0.39 is 15.6 Å². The zero-order valence-electron chi connectivity index (χ0n) is 16.1. The van der Waals surface area contributed by atoms with Crippen molar-refractivity contribution in [2.24, 2.45) is 0 Å². The Labute approximate surface area is 186 Å². The highest BCUT2D eigenvalue weighted by atomic mass is 35.5. The molecule has 30 heavy (non-hydrogen) atoms. The topological polar surface area (TPSA) is 91.4 Å². The first-order valence-corrected chi connectivity index (χ1v) is 11.9. The van der Waals surface area contributed by atoms with Gasteiger partial charge in [0, 0.05) is 48.0 Å². The number of hydrogen-bond donors (Lipinski definition) is 2. The second-order valence-electron chi connectivity index (χ2n) is 7.78. The molecule has 2 aromatic rings. The van der Waals surface area contributed by atoms with Crippen molar-refractivity contribution in [3.05, 3.63) is 63.9 Å². The first kappa shape index (κ1) is 21.5. The fourth-order valence-electron chi connectivity index (χ4n) is 3.92. The van der Waals surface area contributed by atoms with Crippen LogP contribution in [0.15, 0.2) is 42.6 Å². The summed E-state index contributed by atoms with van der Waals surface area (Å²) >= 11 is 12.0. The smallest absolute Gasteiger partial charge is 0.279 e. The van der Waals surface area contributed by atoms with E-state index in [0.29, 0.717) is 43.1 Å². The number of rotatable bonds is 7. The van der Waals surface area contributed by atoms with Crippen molar-refractivity contribution in [2.75, 3.05) is 19.6 Å². The van der Waals surface area contributed by atoms with Crippen molar-refractivity contribution in [3.8, 4) is 0 Å². The normalized spacial score (nSPS) is 24.0. The van der Waals surface area contributed by atoms with Gasteiger partial charge in [-0.25, -0.2) is 0 Å². The molecule has 10 heteroatoms. The van der Waals surface area contributed by atoms with Crippen LogP contribution >= 0.6 is 23.2 Å². The molecule has 2 aliphatic rings. The minimum Gasteiger partial charge on any atom is -0.351 e. The maximum absolute atomic E-state index is 12.7. The molecule has 0 bridgehead atoms. The second kappa shape index (κ2) is 8.43. The summed E-state index contributed by atoms with van der Waals surface area (Å²) in [5, 5.41) is 3.67. The lowest BCUT2D eigenvalue weighted by molar-refractivity contribution is 0.0913. The van der Waals surface area contributed by atoms with Crippen LogP contribution in [0.25, 0.3) is 0 Å². The minimum atomic E-state index is -3.45. The van der Waals surface area contributed by atoms with Crippen LogP contribution in [0.1, 0.15) is 35.3 Å². The third kappa shape index (κ3) is 4.33. The summed E-state index contributed by atoms with van der Waals surface area (Å²) in [6, 6.07) is 10.1. The van der Waals surface area contributed by atoms with Crippen molar-refractivity contribution in [3.63, 3.8) is 0 Å². The molecule has 0 radical (unpaired) electrons. The predicted molar refractivity (Wildman–Crippen MR) is 116 cm³/mol. The third-order valence-corrected chi connectivity index (χ3v) is 7.94. The zero-order chi connectivity index (χ0) is 21.4. The molecule has 1 saturated carbocycles. The number of halogens is 2. The quantitative estimate of drug-likeness (QED) is 0.653.